The van der Waals surface area contributed by atoms with Gasteiger partial charge in [-0.2, -0.15) is 26.3 Å². The molecule has 1 N–H and O–H groups in total. The van der Waals surface area contributed by atoms with Crippen LogP contribution in [0.5, 0.6) is 0 Å². The molecule has 0 amide bonds. The fourth-order valence-electron chi connectivity index (χ4n) is 0.632. The Hall–Kier alpha value is -0.310. The van der Waals surface area contributed by atoms with Crippen LogP contribution in [0.3, 0.4) is 0 Å². The monoisotopic (exact) mass is 276 g/mol. The van der Waals surface area contributed by atoms with Gasteiger partial charge in [-0.3, -0.25) is 9.05 Å². The van der Waals surface area contributed by atoms with Crippen molar-refractivity contribution in [2.24, 2.45) is 0 Å². The fraction of sp³-hybridized carbons (Fsp3) is 1.00. The van der Waals surface area contributed by atoms with Crippen molar-refractivity contribution in [3.8, 4) is 0 Å². The molecule has 0 aromatic rings. The number of alkyl halides is 6. The van der Waals surface area contributed by atoms with Gasteiger partial charge in [0, 0.05) is 0 Å². The minimum Gasteiger partial charge on any atom is -0.302 e. The molecule has 4 nitrogen and oxygen atoms in total. The molecule has 16 heavy (non-hydrogen) atoms. The second-order valence-electron chi connectivity index (χ2n) is 2.46. The van der Waals surface area contributed by atoms with Gasteiger partial charge >= 0.3 is 20.2 Å². The van der Waals surface area contributed by atoms with E-state index in [2.05, 4.69) is 9.05 Å². The third-order valence-electron chi connectivity index (χ3n) is 1.13. The van der Waals surface area contributed by atoms with Crippen LogP contribution in [0.1, 0.15) is 6.92 Å². The van der Waals surface area contributed by atoms with Crippen LogP contribution in [-0.4, -0.2) is 30.0 Å². The molecule has 0 saturated heterocycles. The summed E-state index contributed by atoms with van der Waals surface area (Å²) in [6.07, 6.45) is -16.1. The number of halogens is 6. The predicted molar refractivity (Wildman–Crippen MR) is 38.4 cm³/mol. The molecule has 0 aliphatic rings. The van der Waals surface area contributed by atoms with Crippen LogP contribution in [0.15, 0.2) is 0 Å². The zero-order valence-electron chi connectivity index (χ0n) is 7.67. The van der Waals surface area contributed by atoms with Gasteiger partial charge in [0.1, 0.15) is 0 Å². The topological polar surface area (TPSA) is 55.8 Å². The summed E-state index contributed by atoms with van der Waals surface area (Å²) in [7, 11) is -5.38. The largest absolute Gasteiger partial charge is 0.473 e. The molecule has 98 valence electrons. The first-order valence-corrected chi connectivity index (χ1v) is 5.19. The van der Waals surface area contributed by atoms with Gasteiger partial charge in [-0.25, -0.2) is 4.57 Å². The van der Waals surface area contributed by atoms with Crippen LogP contribution in [0, 0.1) is 0 Å². The molecular formula is C5H7F6O4P. The van der Waals surface area contributed by atoms with Crippen molar-refractivity contribution < 1.29 is 44.8 Å². The maximum atomic E-state index is 11.9. The Morgan fingerprint density at radius 1 is 1.19 bits per heavy atom. The number of hydrogen-bond acceptors (Lipinski definition) is 3. The van der Waals surface area contributed by atoms with E-state index in [9.17, 15) is 30.9 Å². The smallest absolute Gasteiger partial charge is 0.302 e. The molecule has 11 heteroatoms. The highest BCUT2D eigenvalue weighted by atomic mass is 31.2. The highest BCUT2D eigenvalue weighted by Gasteiger charge is 2.60. The fourth-order valence-corrected chi connectivity index (χ4v) is 1.52. The molecule has 0 fully saturated rings. The van der Waals surface area contributed by atoms with E-state index in [0.29, 0.717) is 0 Å². The molecular weight excluding hydrogens is 269 g/mol. The average Bonchev–Trinajstić information content (AvgIpc) is 1.96. The predicted octanol–water partition coefficient (Wildman–Crippen LogP) is 2.63. The van der Waals surface area contributed by atoms with E-state index >= 15 is 0 Å². The molecule has 0 saturated carbocycles. The lowest BCUT2D eigenvalue weighted by atomic mass is 10.3. The molecule has 0 bridgehead atoms. The van der Waals surface area contributed by atoms with Crippen molar-refractivity contribution in [3.05, 3.63) is 0 Å². The normalized spacial score (nSPS) is 17.6. The minimum absolute atomic E-state index is 0.573. The quantitative estimate of drug-likeness (QED) is 0.633. The lowest BCUT2D eigenvalue weighted by Gasteiger charge is -2.24. The maximum absolute atomic E-state index is 11.9. The third-order valence-corrected chi connectivity index (χ3v) is 2.19. The van der Waals surface area contributed by atoms with Gasteiger partial charge in [0.25, 0.3) is 6.10 Å². The zero-order valence-corrected chi connectivity index (χ0v) is 8.57. The standard InChI is InChI=1S/C5H7F6O4P/c1-2-14-16(12,13)15-3(4(6,7)8)5(9,10)11/h3H,2H2,1H3,(H,12,13). The Balaban J connectivity index is 4.91. The van der Waals surface area contributed by atoms with E-state index in [1.807, 2.05) is 0 Å². The molecule has 0 radical (unpaired) electrons. The van der Waals surface area contributed by atoms with Crippen LogP contribution in [-0.2, 0) is 13.6 Å². The second-order valence-corrected chi connectivity index (χ2v) is 3.86. The molecule has 0 aliphatic heterocycles. The number of phosphoric acid groups is 1. The van der Waals surface area contributed by atoms with Gasteiger partial charge in [-0.15, -0.1) is 0 Å². The Morgan fingerprint density at radius 2 is 1.56 bits per heavy atom. The Bertz CT molecular complexity index is 259. The third kappa shape index (κ3) is 5.15. The lowest BCUT2D eigenvalue weighted by molar-refractivity contribution is -0.303. The summed E-state index contributed by atoms with van der Waals surface area (Å²) in [4.78, 5) is 8.52. The summed E-state index contributed by atoms with van der Waals surface area (Å²) in [5.41, 5.74) is 0. The first kappa shape index (κ1) is 15.7. The Kier molecular flexibility index (Phi) is 4.81. The van der Waals surface area contributed by atoms with Gasteiger partial charge < -0.3 is 4.89 Å². The summed E-state index contributed by atoms with van der Waals surface area (Å²) in [5.74, 6) is 0. The summed E-state index contributed by atoms with van der Waals surface area (Å²) in [5, 5.41) is 0. The van der Waals surface area contributed by atoms with Crippen LogP contribution >= 0.6 is 7.82 Å². The van der Waals surface area contributed by atoms with E-state index in [-0.39, 0.29) is 0 Å². The molecule has 1 unspecified atom stereocenters. The molecule has 0 spiro atoms. The number of hydrogen-bond donors (Lipinski definition) is 1. The van der Waals surface area contributed by atoms with Crippen molar-refractivity contribution in [2.75, 3.05) is 6.61 Å². The van der Waals surface area contributed by atoms with Crippen molar-refractivity contribution >= 4 is 7.82 Å². The van der Waals surface area contributed by atoms with Crippen LogP contribution in [0.25, 0.3) is 0 Å². The van der Waals surface area contributed by atoms with Crippen LogP contribution in [0.2, 0.25) is 0 Å². The molecule has 0 rings (SSSR count). The Morgan fingerprint density at radius 3 is 1.81 bits per heavy atom. The van der Waals surface area contributed by atoms with E-state index in [1.54, 1.807) is 0 Å². The zero-order chi connectivity index (χ0) is 13.2. The molecule has 0 aliphatic carbocycles. The van der Waals surface area contributed by atoms with Crippen molar-refractivity contribution in [3.63, 3.8) is 0 Å². The highest BCUT2D eigenvalue weighted by molar-refractivity contribution is 7.47. The summed E-state index contributed by atoms with van der Waals surface area (Å²) in [6.45, 7) is 0.526. The number of rotatable bonds is 4. The van der Waals surface area contributed by atoms with Gasteiger partial charge in [-0.05, 0) is 6.92 Å². The van der Waals surface area contributed by atoms with Crippen LogP contribution in [0.4, 0.5) is 26.3 Å². The van der Waals surface area contributed by atoms with E-state index in [1.165, 1.54) is 0 Å². The summed E-state index contributed by atoms with van der Waals surface area (Å²) in [6, 6.07) is 0. The second kappa shape index (κ2) is 4.91. The van der Waals surface area contributed by atoms with Crippen molar-refractivity contribution in [2.45, 2.75) is 25.4 Å². The summed E-state index contributed by atoms with van der Waals surface area (Å²) < 4.78 is 88.5. The average molecular weight is 276 g/mol. The highest BCUT2D eigenvalue weighted by Crippen LogP contribution is 2.50. The van der Waals surface area contributed by atoms with Crippen molar-refractivity contribution in [1.29, 1.82) is 0 Å². The van der Waals surface area contributed by atoms with Crippen LogP contribution < -0.4 is 0 Å². The van der Waals surface area contributed by atoms with E-state index in [0.717, 1.165) is 6.92 Å². The van der Waals surface area contributed by atoms with Gasteiger partial charge in [0.05, 0.1) is 6.61 Å². The minimum atomic E-state index is -5.85. The van der Waals surface area contributed by atoms with E-state index in [4.69, 9.17) is 4.89 Å². The first-order valence-electron chi connectivity index (χ1n) is 3.69. The molecule has 0 heterocycles. The lowest BCUT2D eigenvalue weighted by Crippen LogP contribution is -2.43. The van der Waals surface area contributed by atoms with Gasteiger partial charge in [0.2, 0.25) is 0 Å². The summed E-state index contributed by atoms with van der Waals surface area (Å²) >= 11 is 0. The van der Waals surface area contributed by atoms with E-state index < -0.39 is 32.9 Å². The molecule has 0 aromatic carbocycles. The van der Waals surface area contributed by atoms with Gasteiger partial charge in [0.15, 0.2) is 0 Å². The molecule has 1 atom stereocenters. The molecule has 0 aromatic heterocycles. The maximum Gasteiger partial charge on any atom is 0.473 e. The van der Waals surface area contributed by atoms with Crippen molar-refractivity contribution in [1.82, 2.24) is 0 Å². The Labute approximate surface area is 85.8 Å². The first-order chi connectivity index (χ1) is 6.90. The number of phosphoric ester groups is 1. The SMILES string of the molecule is CCOP(=O)(O)OC(C(F)(F)F)C(F)(F)F. The van der Waals surface area contributed by atoms with Gasteiger partial charge in [-0.1, -0.05) is 0 Å².